The predicted octanol–water partition coefficient (Wildman–Crippen LogP) is -0.302. The highest BCUT2D eigenvalue weighted by atomic mass is 32.2. The molecule has 6 nitrogen and oxygen atoms in total. The van der Waals surface area contributed by atoms with Crippen LogP contribution in [0.25, 0.3) is 0 Å². The van der Waals surface area contributed by atoms with E-state index in [1.807, 2.05) is 0 Å². The van der Waals surface area contributed by atoms with Gasteiger partial charge in [0.1, 0.15) is 4.90 Å². The zero-order chi connectivity index (χ0) is 10.3. The molecule has 7 heteroatoms. The van der Waals surface area contributed by atoms with Crippen molar-refractivity contribution in [3.05, 3.63) is 18.2 Å². The van der Waals surface area contributed by atoms with E-state index in [0.29, 0.717) is 11.4 Å². The second kappa shape index (κ2) is 2.61. The van der Waals surface area contributed by atoms with Gasteiger partial charge in [0.05, 0.1) is 11.4 Å². The summed E-state index contributed by atoms with van der Waals surface area (Å²) in [7, 11) is -3.69. The number of nitrogens with two attached hydrogens (primary N) is 2. The van der Waals surface area contributed by atoms with E-state index in [4.69, 9.17) is 11.5 Å². The van der Waals surface area contributed by atoms with Crippen molar-refractivity contribution in [1.82, 2.24) is 0 Å². The smallest absolute Gasteiger partial charge is 0.287 e. The summed E-state index contributed by atoms with van der Waals surface area (Å²) >= 11 is 0. The van der Waals surface area contributed by atoms with Gasteiger partial charge in [0.15, 0.2) is 0 Å². The number of benzene rings is 1. The molecule has 2 rings (SSSR count). The van der Waals surface area contributed by atoms with Crippen LogP contribution in [-0.2, 0) is 10.0 Å². The molecule has 0 bridgehead atoms. The van der Waals surface area contributed by atoms with Gasteiger partial charge in [-0.05, 0) is 12.1 Å². The summed E-state index contributed by atoms with van der Waals surface area (Å²) in [5.41, 5.74) is 11.5. The van der Waals surface area contributed by atoms with E-state index in [9.17, 15) is 8.42 Å². The fraction of sp³-hybridized carbons (Fsp3) is 0. The van der Waals surface area contributed by atoms with Crippen LogP contribution in [0.15, 0.2) is 27.5 Å². The standard InChI is InChI=1S/C7H8N4O2S/c8-4-2-1-3-5-6(4)10-7(9)11-14(5,12)13/h1-3H,8H2,(H3,9,10,11). The van der Waals surface area contributed by atoms with Crippen LogP contribution in [0.3, 0.4) is 0 Å². The maximum absolute atomic E-state index is 11.5. The average Bonchev–Trinajstić information content (AvgIpc) is 2.05. The molecule has 0 aliphatic carbocycles. The molecule has 0 unspecified atom stereocenters. The molecule has 0 fully saturated rings. The van der Waals surface area contributed by atoms with E-state index in [0.717, 1.165) is 0 Å². The molecular formula is C7H8N4O2S. The largest absolute Gasteiger partial charge is 0.397 e. The highest BCUT2D eigenvalue weighted by molar-refractivity contribution is 7.90. The number of hydrogen-bond donors (Lipinski definition) is 3. The lowest BCUT2D eigenvalue weighted by Crippen LogP contribution is -2.29. The Bertz CT molecular complexity index is 520. The van der Waals surface area contributed by atoms with Gasteiger partial charge < -0.3 is 16.8 Å². The van der Waals surface area contributed by atoms with Crippen molar-refractivity contribution >= 4 is 27.4 Å². The number of hydrogen-bond acceptors (Lipinski definition) is 5. The third kappa shape index (κ3) is 1.18. The van der Waals surface area contributed by atoms with Crippen molar-refractivity contribution in [2.45, 2.75) is 4.90 Å². The lowest BCUT2D eigenvalue weighted by Gasteiger charge is -2.16. The van der Waals surface area contributed by atoms with Crippen LogP contribution in [0.1, 0.15) is 0 Å². The van der Waals surface area contributed by atoms with Gasteiger partial charge in [0, 0.05) is 0 Å². The summed E-state index contributed by atoms with van der Waals surface area (Å²) in [4.78, 5) is 0.0479. The van der Waals surface area contributed by atoms with Crippen LogP contribution < -0.4 is 16.8 Å². The van der Waals surface area contributed by atoms with E-state index in [-0.39, 0.29) is 10.9 Å². The molecule has 14 heavy (non-hydrogen) atoms. The van der Waals surface area contributed by atoms with Crippen molar-refractivity contribution in [3.8, 4) is 0 Å². The normalized spacial score (nSPS) is 17.9. The minimum Gasteiger partial charge on any atom is -0.397 e. The summed E-state index contributed by atoms with van der Waals surface area (Å²) in [6.45, 7) is 0. The van der Waals surface area contributed by atoms with Gasteiger partial charge in [0.2, 0.25) is 5.96 Å². The van der Waals surface area contributed by atoms with E-state index < -0.39 is 10.0 Å². The fourth-order valence-corrected chi connectivity index (χ4v) is 2.31. The highest BCUT2D eigenvalue weighted by Crippen LogP contribution is 2.31. The van der Waals surface area contributed by atoms with Crippen LogP contribution in [-0.4, -0.2) is 14.4 Å². The first-order chi connectivity index (χ1) is 6.50. The molecular weight excluding hydrogens is 204 g/mol. The van der Waals surface area contributed by atoms with Crippen LogP contribution in [0.2, 0.25) is 0 Å². The van der Waals surface area contributed by atoms with Gasteiger partial charge in [-0.3, -0.25) is 0 Å². The molecule has 5 N–H and O–H groups in total. The molecule has 1 aromatic carbocycles. The summed E-state index contributed by atoms with van der Waals surface area (Å²) in [5.74, 6) is -0.171. The SMILES string of the molecule is NC1=NS(=O)(=O)c2cccc(N)c2N1. The monoisotopic (exact) mass is 212 g/mol. The van der Waals surface area contributed by atoms with Crippen molar-refractivity contribution in [1.29, 1.82) is 0 Å². The van der Waals surface area contributed by atoms with Crippen LogP contribution in [0.4, 0.5) is 11.4 Å². The molecule has 0 atom stereocenters. The number of anilines is 2. The zero-order valence-corrected chi connectivity index (χ0v) is 7.88. The maximum Gasteiger partial charge on any atom is 0.287 e. The van der Waals surface area contributed by atoms with E-state index in [2.05, 4.69) is 9.71 Å². The molecule has 74 valence electrons. The average molecular weight is 212 g/mol. The molecule has 0 aromatic heterocycles. The van der Waals surface area contributed by atoms with Crippen molar-refractivity contribution < 1.29 is 8.42 Å². The molecule has 1 aliphatic heterocycles. The number of rotatable bonds is 0. The van der Waals surface area contributed by atoms with E-state index >= 15 is 0 Å². The first-order valence-corrected chi connectivity index (χ1v) is 5.21. The third-order valence-electron chi connectivity index (χ3n) is 1.81. The Morgan fingerprint density at radius 1 is 1.29 bits per heavy atom. The van der Waals surface area contributed by atoms with Gasteiger partial charge in [-0.15, -0.1) is 4.40 Å². The number of para-hydroxylation sites is 1. The number of nitrogen functional groups attached to an aromatic ring is 1. The Kier molecular flexibility index (Phi) is 1.65. The molecule has 0 amide bonds. The molecule has 1 aromatic rings. The first-order valence-electron chi connectivity index (χ1n) is 3.77. The number of nitrogens with zero attached hydrogens (tertiary/aromatic N) is 1. The minimum absolute atomic E-state index is 0.0479. The van der Waals surface area contributed by atoms with Crippen LogP contribution in [0, 0.1) is 0 Å². The Morgan fingerprint density at radius 2 is 2.00 bits per heavy atom. The van der Waals surface area contributed by atoms with E-state index in [1.54, 1.807) is 12.1 Å². The van der Waals surface area contributed by atoms with Crippen LogP contribution in [0.5, 0.6) is 0 Å². The molecule has 0 saturated heterocycles. The van der Waals surface area contributed by atoms with Crippen LogP contribution >= 0.6 is 0 Å². The molecule has 0 radical (unpaired) electrons. The second-order valence-electron chi connectivity index (χ2n) is 2.80. The summed E-state index contributed by atoms with van der Waals surface area (Å²) in [6.07, 6.45) is 0. The number of nitrogens with one attached hydrogen (secondary N) is 1. The molecule has 1 aliphatic rings. The quantitative estimate of drug-likeness (QED) is 0.511. The van der Waals surface area contributed by atoms with Gasteiger partial charge >= 0.3 is 0 Å². The van der Waals surface area contributed by atoms with Gasteiger partial charge in [0.25, 0.3) is 10.0 Å². The van der Waals surface area contributed by atoms with Gasteiger partial charge in [-0.2, -0.15) is 8.42 Å². The number of guanidine groups is 1. The molecule has 1 heterocycles. The topological polar surface area (TPSA) is 111 Å². The zero-order valence-electron chi connectivity index (χ0n) is 7.06. The first kappa shape index (κ1) is 8.82. The number of fused-ring (bicyclic) bond motifs is 1. The lowest BCUT2D eigenvalue weighted by molar-refractivity contribution is 0.598. The predicted molar refractivity (Wildman–Crippen MR) is 53.3 cm³/mol. The third-order valence-corrected chi connectivity index (χ3v) is 3.14. The van der Waals surface area contributed by atoms with Crippen molar-refractivity contribution in [3.63, 3.8) is 0 Å². The summed E-state index contributed by atoms with van der Waals surface area (Å²) in [6, 6.07) is 4.55. The second-order valence-corrected chi connectivity index (χ2v) is 4.37. The lowest BCUT2D eigenvalue weighted by atomic mass is 10.2. The molecule has 0 spiro atoms. The van der Waals surface area contributed by atoms with E-state index in [1.165, 1.54) is 6.07 Å². The summed E-state index contributed by atoms with van der Waals surface area (Å²) < 4.78 is 26.2. The van der Waals surface area contributed by atoms with Gasteiger partial charge in [-0.25, -0.2) is 0 Å². The minimum atomic E-state index is -3.69. The van der Waals surface area contributed by atoms with Crippen molar-refractivity contribution in [2.24, 2.45) is 10.1 Å². The maximum atomic E-state index is 11.5. The Morgan fingerprint density at radius 3 is 2.71 bits per heavy atom. The van der Waals surface area contributed by atoms with Crippen molar-refractivity contribution in [2.75, 3.05) is 11.1 Å². The van der Waals surface area contributed by atoms with Gasteiger partial charge in [-0.1, -0.05) is 6.07 Å². The summed E-state index contributed by atoms with van der Waals surface area (Å²) in [5, 5.41) is 2.61. The number of sulfonamides is 1. The Hall–Kier alpha value is -1.76. The highest BCUT2D eigenvalue weighted by Gasteiger charge is 2.24. The fourth-order valence-electron chi connectivity index (χ4n) is 1.23. The molecule has 0 saturated carbocycles. The Balaban J connectivity index is 2.78. The Labute approximate surface area is 80.7 Å².